The molecule has 0 aliphatic carbocycles. The van der Waals surface area contributed by atoms with E-state index >= 15 is 0 Å². The Kier molecular flexibility index (Phi) is 5.11. The van der Waals surface area contributed by atoms with E-state index in [0.29, 0.717) is 25.2 Å². The summed E-state index contributed by atoms with van der Waals surface area (Å²) in [6.45, 7) is 2.61. The second-order valence-electron chi connectivity index (χ2n) is 7.13. The van der Waals surface area contributed by atoms with Gasteiger partial charge in [-0.2, -0.15) is 10.4 Å². The number of aromatic nitrogens is 3. The molecular weight excluding hydrogens is 436 g/mol. The van der Waals surface area contributed by atoms with Crippen LogP contribution in [-0.4, -0.2) is 44.5 Å². The highest BCUT2D eigenvalue weighted by molar-refractivity contribution is 9.10. The van der Waals surface area contributed by atoms with Gasteiger partial charge in [0.15, 0.2) is 5.69 Å². The molecule has 0 bridgehead atoms. The van der Waals surface area contributed by atoms with Crippen LogP contribution in [0.1, 0.15) is 45.6 Å². The van der Waals surface area contributed by atoms with Crippen molar-refractivity contribution in [2.45, 2.75) is 32.4 Å². The van der Waals surface area contributed by atoms with Crippen LogP contribution in [-0.2, 0) is 13.0 Å². The van der Waals surface area contributed by atoms with Crippen LogP contribution in [0.2, 0.25) is 0 Å². The first-order valence-electron chi connectivity index (χ1n) is 9.28. The molecule has 29 heavy (non-hydrogen) atoms. The predicted octanol–water partition coefficient (Wildman–Crippen LogP) is 2.88. The van der Waals surface area contributed by atoms with E-state index in [1.54, 1.807) is 11.8 Å². The Morgan fingerprint density at radius 2 is 2.28 bits per heavy atom. The summed E-state index contributed by atoms with van der Waals surface area (Å²) in [6, 6.07) is 9.39. The lowest BCUT2D eigenvalue weighted by atomic mass is 10.0. The van der Waals surface area contributed by atoms with Gasteiger partial charge in [0.2, 0.25) is 0 Å². The first-order valence-corrected chi connectivity index (χ1v) is 10.1. The van der Waals surface area contributed by atoms with E-state index in [1.165, 1.54) is 0 Å². The summed E-state index contributed by atoms with van der Waals surface area (Å²) < 4.78 is 0.898. The number of para-hydroxylation sites is 1. The normalized spacial score (nSPS) is 14.3. The van der Waals surface area contributed by atoms with Crippen molar-refractivity contribution in [3.63, 3.8) is 0 Å². The lowest BCUT2D eigenvalue weighted by Gasteiger charge is -2.26. The van der Waals surface area contributed by atoms with Crippen LogP contribution in [0.25, 0.3) is 10.9 Å². The third-order valence-electron chi connectivity index (χ3n) is 5.05. The standard InChI is InChI=1S/C20H19BrN6O2/c1-11(5-7-22)23-19(28)18-13-10-27(8-6-15(13)25-26-18)20(29)16-9-12-3-2-4-14(21)17(12)24-16/h2-4,9,11,24H,5-6,8,10H2,1H3,(H,23,28)(H,25,26). The fraction of sp³-hybridized carbons (Fsp3) is 0.300. The molecule has 2 amide bonds. The van der Waals surface area contributed by atoms with Gasteiger partial charge in [-0.05, 0) is 35.0 Å². The van der Waals surface area contributed by atoms with Gasteiger partial charge in [-0.25, -0.2) is 0 Å². The average Bonchev–Trinajstić information content (AvgIpc) is 3.32. The van der Waals surface area contributed by atoms with Crippen molar-refractivity contribution in [1.82, 2.24) is 25.4 Å². The van der Waals surface area contributed by atoms with Gasteiger partial charge in [0.05, 0.1) is 24.6 Å². The monoisotopic (exact) mass is 454 g/mol. The number of nitrogens with zero attached hydrogens (tertiary/aromatic N) is 3. The molecule has 3 heterocycles. The summed E-state index contributed by atoms with van der Waals surface area (Å²) in [4.78, 5) is 30.5. The Labute approximate surface area is 175 Å². The van der Waals surface area contributed by atoms with Crippen LogP contribution in [0.3, 0.4) is 0 Å². The molecule has 0 spiro atoms. The quantitative estimate of drug-likeness (QED) is 0.561. The number of hydrogen-bond donors (Lipinski definition) is 3. The molecule has 1 aliphatic heterocycles. The molecule has 0 saturated carbocycles. The Morgan fingerprint density at radius 3 is 3.03 bits per heavy atom. The van der Waals surface area contributed by atoms with E-state index in [9.17, 15) is 9.59 Å². The van der Waals surface area contributed by atoms with Gasteiger partial charge in [-0.3, -0.25) is 14.7 Å². The highest BCUT2D eigenvalue weighted by atomic mass is 79.9. The minimum absolute atomic E-state index is 0.121. The highest BCUT2D eigenvalue weighted by Crippen LogP contribution is 2.26. The van der Waals surface area contributed by atoms with E-state index in [1.807, 2.05) is 30.3 Å². The van der Waals surface area contributed by atoms with E-state index in [0.717, 1.165) is 26.6 Å². The Hall–Kier alpha value is -3.12. The molecular formula is C20H19BrN6O2. The van der Waals surface area contributed by atoms with E-state index < -0.39 is 0 Å². The lowest BCUT2D eigenvalue weighted by Crippen LogP contribution is -2.38. The second-order valence-corrected chi connectivity index (χ2v) is 7.98. The number of hydrogen-bond acceptors (Lipinski definition) is 4. The molecule has 0 saturated heterocycles. The molecule has 4 rings (SSSR count). The predicted molar refractivity (Wildman–Crippen MR) is 110 cm³/mol. The molecule has 1 unspecified atom stereocenters. The zero-order valence-electron chi connectivity index (χ0n) is 15.8. The van der Waals surface area contributed by atoms with E-state index in [2.05, 4.69) is 36.4 Å². The third-order valence-corrected chi connectivity index (χ3v) is 5.71. The number of carbonyl (C=O) groups is 2. The van der Waals surface area contributed by atoms with Crippen molar-refractivity contribution in [3.05, 3.63) is 51.4 Å². The van der Waals surface area contributed by atoms with Crippen LogP contribution in [0.5, 0.6) is 0 Å². The van der Waals surface area contributed by atoms with Crippen molar-refractivity contribution in [2.75, 3.05) is 6.54 Å². The summed E-state index contributed by atoms with van der Waals surface area (Å²) in [7, 11) is 0. The molecule has 0 radical (unpaired) electrons. The van der Waals surface area contributed by atoms with Gasteiger partial charge in [-0.15, -0.1) is 0 Å². The maximum atomic E-state index is 13.1. The van der Waals surface area contributed by atoms with Crippen molar-refractivity contribution in [3.8, 4) is 6.07 Å². The summed E-state index contributed by atoms with van der Waals surface area (Å²) in [5, 5.41) is 19.6. The van der Waals surface area contributed by atoms with Crippen LogP contribution >= 0.6 is 15.9 Å². The van der Waals surface area contributed by atoms with Crippen molar-refractivity contribution >= 4 is 38.6 Å². The summed E-state index contributed by atoms with van der Waals surface area (Å²) in [5.74, 6) is -0.460. The maximum Gasteiger partial charge on any atom is 0.272 e. The Bertz CT molecular complexity index is 1140. The van der Waals surface area contributed by atoms with Crippen molar-refractivity contribution in [1.29, 1.82) is 5.26 Å². The van der Waals surface area contributed by atoms with E-state index in [4.69, 9.17) is 5.26 Å². The number of benzene rings is 1. The maximum absolute atomic E-state index is 13.1. The Morgan fingerprint density at radius 1 is 1.45 bits per heavy atom. The first kappa shape index (κ1) is 19.2. The molecule has 3 N–H and O–H groups in total. The number of amides is 2. The minimum Gasteiger partial charge on any atom is -0.350 e. The number of fused-ring (bicyclic) bond motifs is 2. The number of H-pyrrole nitrogens is 2. The van der Waals surface area contributed by atoms with Gasteiger partial charge >= 0.3 is 0 Å². The number of rotatable bonds is 4. The highest BCUT2D eigenvalue weighted by Gasteiger charge is 2.29. The van der Waals surface area contributed by atoms with E-state index in [-0.39, 0.29) is 30.0 Å². The molecule has 1 aliphatic rings. The van der Waals surface area contributed by atoms with Crippen molar-refractivity contribution in [2.24, 2.45) is 0 Å². The first-order chi connectivity index (χ1) is 14.0. The largest absolute Gasteiger partial charge is 0.350 e. The fourth-order valence-corrected chi connectivity index (χ4v) is 4.02. The number of aromatic amines is 2. The second kappa shape index (κ2) is 7.72. The minimum atomic E-state index is -0.339. The average molecular weight is 455 g/mol. The lowest BCUT2D eigenvalue weighted by molar-refractivity contribution is 0.0726. The zero-order chi connectivity index (χ0) is 20.5. The van der Waals surface area contributed by atoms with Gasteiger partial charge in [0, 0.05) is 40.1 Å². The van der Waals surface area contributed by atoms with Gasteiger partial charge in [0.1, 0.15) is 5.69 Å². The topological polar surface area (TPSA) is 118 Å². The molecule has 1 atom stereocenters. The molecule has 8 nitrogen and oxygen atoms in total. The molecule has 148 valence electrons. The number of nitrogens with one attached hydrogen (secondary N) is 3. The molecule has 9 heteroatoms. The molecule has 1 aromatic carbocycles. The molecule has 0 fully saturated rings. The van der Waals surface area contributed by atoms with Crippen LogP contribution in [0.15, 0.2) is 28.7 Å². The summed E-state index contributed by atoms with van der Waals surface area (Å²) >= 11 is 3.49. The summed E-state index contributed by atoms with van der Waals surface area (Å²) in [5.41, 5.74) is 3.26. The smallest absolute Gasteiger partial charge is 0.272 e. The van der Waals surface area contributed by atoms with Crippen molar-refractivity contribution < 1.29 is 9.59 Å². The zero-order valence-corrected chi connectivity index (χ0v) is 17.3. The SMILES string of the molecule is CC(CC#N)NC(=O)c1n[nH]c2c1CN(C(=O)c1cc3cccc(Br)c3[nH]1)CC2. The van der Waals surface area contributed by atoms with Gasteiger partial charge in [0.25, 0.3) is 11.8 Å². The van der Waals surface area contributed by atoms with Crippen LogP contribution in [0.4, 0.5) is 0 Å². The molecule has 2 aromatic heterocycles. The number of halogens is 1. The number of nitriles is 1. The molecule has 3 aromatic rings. The van der Waals surface area contributed by atoms with Gasteiger partial charge in [-0.1, -0.05) is 12.1 Å². The Balaban J connectivity index is 1.55. The van der Waals surface area contributed by atoms with Gasteiger partial charge < -0.3 is 15.2 Å². The summed E-state index contributed by atoms with van der Waals surface area (Å²) in [6.07, 6.45) is 0.817. The third kappa shape index (κ3) is 3.63. The fourth-order valence-electron chi connectivity index (χ4n) is 3.54. The van der Waals surface area contributed by atoms with Crippen LogP contribution < -0.4 is 5.32 Å². The van der Waals surface area contributed by atoms with Crippen LogP contribution in [0, 0.1) is 11.3 Å². The number of carbonyl (C=O) groups excluding carboxylic acids is 2.